The number of aryl methyl sites for hydroxylation is 1. The molecule has 0 amide bonds. The minimum atomic E-state index is 0.191. The van der Waals surface area contributed by atoms with Gasteiger partial charge in [0.05, 0.1) is 0 Å². The Morgan fingerprint density at radius 2 is 2.00 bits per heavy atom. The van der Waals surface area contributed by atoms with Gasteiger partial charge >= 0.3 is 0 Å². The second-order valence-corrected chi connectivity index (χ2v) is 6.63. The number of piperidine rings is 1. The first kappa shape index (κ1) is 16.5. The molecule has 1 aromatic carbocycles. The average Bonchev–Trinajstić information content (AvgIpc) is 2.48. The molecule has 0 radical (unpaired) electrons. The fourth-order valence-electron chi connectivity index (χ4n) is 3.49. The van der Waals surface area contributed by atoms with E-state index in [2.05, 4.69) is 62.0 Å². The summed E-state index contributed by atoms with van der Waals surface area (Å²) in [6.45, 7) is 6.73. The van der Waals surface area contributed by atoms with Crippen molar-refractivity contribution in [3.63, 3.8) is 0 Å². The van der Waals surface area contributed by atoms with Gasteiger partial charge in [-0.05, 0) is 58.9 Å². The highest BCUT2D eigenvalue weighted by Gasteiger charge is 2.30. The molecule has 1 aliphatic rings. The van der Waals surface area contributed by atoms with E-state index in [1.807, 2.05) is 0 Å². The molecule has 0 bridgehead atoms. The SMILES string of the molecule is CCC(N)C(c1cccc(C)c1)N(C)C1CCN(C)CC1. The molecule has 3 nitrogen and oxygen atoms in total. The predicted molar refractivity (Wildman–Crippen MR) is 90.5 cm³/mol. The number of rotatable bonds is 5. The molecule has 0 saturated carbocycles. The van der Waals surface area contributed by atoms with Crippen LogP contribution >= 0.6 is 0 Å². The van der Waals surface area contributed by atoms with Gasteiger partial charge in [-0.3, -0.25) is 4.90 Å². The number of nitrogens with two attached hydrogens (primary N) is 1. The molecule has 1 aromatic rings. The molecular weight excluding hydrogens is 258 g/mol. The Labute approximate surface area is 130 Å². The van der Waals surface area contributed by atoms with Crippen LogP contribution in [0.25, 0.3) is 0 Å². The number of nitrogens with zero attached hydrogens (tertiary/aromatic N) is 2. The van der Waals surface area contributed by atoms with E-state index in [4.69, 9.17) is 5.73 Å². The first-order chi connectivity index (χ1) is 10.0. The maximum absolute atomic E-state index is 6.48. The minimum Gasteiger partial charge on any atom is -0.326 e. The number of likely N-dealkylation sites (tertiary alicyclic amines) is 1. The van der Waals surface area contributed by atoms with E-state index in [9.17, 15) is 0 Å². The fraction of sp³-hybridized carbons (Fsp3) is 0.667. The lowest BCUT2D eigenvalue weighted by Gasteiger charge is -2.41. The molecule has 0 aliphatic carbocycles. The summed E-state index contributed by atoms with van der Waals surface area (Å²) in [6.07, 6.45) is 3.49. The Kier molecular flexibility index (Phi) is 5.80. The zero-order valence-electron chi connectivity index (χ0n) is 14.0. The topological polar surface area (TPSA) is 32.5 Å². The molecule has 1 fully saturated rings. The maximum atomic E-state index is 6.48. The highest BCUT2D eigenvalue weighted by Crippen LogP contribution is 2.29. The van der Waals surface area contributed by atoms with E-state index >= 15 is 0 Å². The van der Waals surface area contributed by atoms with Crippen molar-refractivity contribution in [1.29, 1.82) is 0 Å². The molecule has 2 unspecified atom stereocenters. The van der Waals surface area contributed by atoms with Crippen LogP contribution in [0.3, 0.4) is 0 Å². The van der Waals surface area contributed by atoms with E-state index in [1.54, 1.807) is 0 Å². The molecule has 3 heteroatoms. The largest absolute Gasteiger partial charge is 0.326 e. The lowest BCUT2D eigenvalue weighted by atomic mass is 9.92. The van der Waals surface area contributed by atoms with Crippen molar-refractivity contribution in [3.05, 3.63) is 35.4 Å². The van der Waals surface area contributed by atoms with Gasteiger partial charge in [0.15, 0.2) is 0 Å². The number of hydrogen-bond acceptors (Lipinski definition) is 3. The Bertz CT molecular complexity index is 438. The van der Waals surface area contributed by atoms with E-state index in [0.29, 0.717) is 12.1 Å². The molecule has 0 spiro atoms. The van der Waals surface area contributed by atoms with Crippen LogP contribution in [0.2, 0.25) is 0 Å². The van der Waals surface area contributed by atoms with E-state index < -0.39 is 0 Å². The third-order valence-electron chi connectivity index (χ3n) is 4.96. The molecule has 2 N–H and O–H groups in total. The van der Waals surface area contributed by atoms with Crippen LogP contribution in [0.15, 0.2) is 24.3 Å². The van der Waals surface area contributed by atoms with Crippen molar-refractivity contribution in [3.8, 4) is 0 Å². The number of benzene rings is 1. The van der Waals surface area contributed by atoms with Crippen molar-refractivity contribution < 1.29 is 0 Å². The molecule has 0 aromatic heterocycles. The second-order valence-electron chi connectivity index (χ2n) is 6.63. The lowest BCUT2D eigenvalue weighted by Crippen LogP contribution is -2.48. The van der Waals surface area contributed by atoms with Crippen LogP contribution in [-0.4, -0.2) is 49.1 Å². The highest BCUT2D eigenvalue weighted by molar-refractivity contribution is 5.26. The van der Waals surface area contributed by atoms with E-state index in [0.717, 1.165) is 6.42 Å². The van der Waals surface area contributed by atoms with Gasteiger partial charge < -0.3 is 10.6 Å². The van der Waals surface area contributed by atoms with Gasteiger partial charge in [-0.25, -0.2) is 0 Å². The van der Waals surface area contributed by atoms with Crippen molar-refractivity contribution >= 4 is 0 Å². The van der Waals surface area contributed by atoms with E-state index in [1.165, 1.54) is 37.1 Å². The third kappa shape index (κ3) is 4.06. The average molecular weight is 289 g/mol. The molecule has 1 aliphatic heterocycles. The summed E-state index contributed by atoms with van der Waals surface area (Å²) in [5.41, 5.74) is 9.17. The van der Waals surface area contributed by atoms with Crippen molar-refractivity contribution in [2.24, 2.45) is 5.73 Å². The van der Waals surface area contributed by atoms with Crippen molar-refractivity contribution in [2.45, 2.75) is 51.2 Å². The van der Waals surface area contributed by atoms with E-state index in [-0.39, 0.29) is 6.04 Å². The molecular formula is C18H31N3. The summed E-state index contributed by atoms with van der Waals surface area (Å²) in [5.74, 6) is 0. The zero-order chi connectivity index (χ0) is 15.4. The number of hydrogen-bond donors (Lipinski definition) is 1. The molecule has 2 atom stereocenters. The first-order valence-electron chi connectivity index (χ1n) is 8.25. The standard InChI is InChI=1S/C18H31N3/c1-5-17(19)18(15-8-6-7-14(2)13-15)21(4)16-9-11-20(3)12-10-16/h6-8,13,16-18H,5,9-12,19H2,1-4H3. The molecule has 118 valence electrons. The maximum Gasteiger partial charge on any atom is 0.0499 e. The summed E-state index contributed by atoms with van der Waals surface area (Å²) < 4.78 is 0. The van der Waals surface area contributed by atoms with Gasteiger partial charge in [0.1, 0.15) is 0 Å². The Morgan fingerprint density at radius 3 is 2.57 bits per heavy atom. The second kappa shape index (κ2) is 7.39. The molecule has 21 heavy (non-hydrogen) atoms. The molecule has 1 heterocycles. The Hall–Kier alpha value is -0.900. The van der Waals surface area contributed by atoms with Crippen LogP contribution in [-0.2, 0) is 0 Å². The van der Waals surface area contributed by atoms with Gasteiger partial charge in [0, 0.05) is 18.1 Å². The summed E-state index contributed by atoms with van der Waals surface area (Å²) in [6, 6.07) is 10.0. The summed E-state index contributed by atoms with van der Waals surface area (Å²) in [5, 5.41) is 0. The Morgan fingerprint density at radius 1 is 1.33 bits per heavy atom. The van der Waals surface area contributed by atoms with Crippen molar-refractivity contribution in [2.75, 3.05) is 27.2 Å². The summed E-state index contributed by atoms with van der Waals surface area (Å²) in [4.78, 5) is 4.96. The van der Waals surface area contributed by atoms with Crippen LogP contribution in [0.4, 0.5) is 0 Å². The molecule has 1 saturated heterocycles. The third-order valence-corrected chi connectivity index (χ3v) is 4.96. The zero-order valence-corrected chi connectivity index (χ0v) is 14.0. The first-order valence-corrected chi connectivity index (χ1v) is 8.25. The summed E-state index contributed by atoms with van der Waals surface area (Å²) >= 11 is 0. The van der Waals surface area contributed by atoms with Crippen LogP contribution < -0.4 is 5.73 Å². The van der Waals surface area contributed by atoms with Gasteiger partial charge in [-0.15, -0.1) is 0 Å². The van der Waals surface area contributed by atoms with Crippen LogP contribution in [0.5, 0.6) is 0 Å². The summed E-state index contributed by atoms with van der Waals surface area (Å²) in [7, 11) is 4.48. The van der Waals surface area contributed by atoms with Gasteiger partial charge in [-0.1, -0.05) is 36.8 Å². The number of likely N-dealkylation sites (N-methyl/N-ethyl adjacent to an activating group) is 1. The van der Waals surface area contributed by atoms with Gasteiger partial charge in [0.25, 0.3) is 0 Å². The van der Waals surface area contributed by atoms with Crippen LogP contribution in [0, 0.1) is 6.92 Å². The van der Waals surface area contributed by atoms with Gasteiger partial charge in [0.2, 0.25) is 0 Å². The smallest absolute Gasteiger partial charge is 0.0499 e. The lowest BCUT2D eigenvalue weighted by molar-refractivity contribution is 0.0935. The van der Waals surface area contributed by atoms with Gasteiger partial charge in [-0.2, -0.15) is 0 Å². The van der Waals surface area contributed by atoms with Crippen LogP contribution in [0.1, 0.15) is 43.4 Å². The quantitative estimate of drug-likeness (QED) is 0.904. The normalized spacial score (nSPS) is 20.7. The Balaban J connectivity index is 2.19. The highest BCUT2D eigenvalue weighted by atomic mass is 15.2. The minimum absolute atomic E-state index is 0.191. The van der Waals surface area contributed by atoms with Crippen molar-refractivity contribution in [1.82, 2.24) is 9.80 Å². The predicted octanol–water partition coefficient (Wildman–Crippen LogP) is 2.80. The monoisotopic (exact) mass is 289 g/mol. The fourth-order valence-corrected chi connectivity index (χ4v) is 3.49. The molecule has 2 rings (SSSR count).